The molecule has 0 amide bonds. The SMILES string of the molecule is CC(C)(C)c1ccc(COc2coc(CCl)cc2=O)cc1. The largest absolute Gasteiger partial charge is 0.482 e. The zero-order valence-corrected chi connectivity index (χ0v) is 13.2. The van der Waals surface area contributed by atoms with Gasteiger partial charge in [0.05, 0.1) is 5.88 Å². The van der Waals surface area contributed by atoms with E-state index in [-0.39, 0.29) is 22.5 Å². The average molecular weight is 307 g/mol. The summed E-state index contributed by atoms with van der Waals surface area (Å²) in [6, 6.07) is 9.53. The van der Waals surface area contributed by atoms with E-state index in [9.17, 15) is 4.79 Å². The quantitative estimate of drug-likeness (QED) is 0.793. The summed E-state index contributed by atoms with van der Waals surface area (Å²) >= 11 is 5.60. The molecule has 2 aromatic rings. The van der Waals surface area contributed by atoms with Crippen LogP contribution in [-0.4, -0.2) is 0 Å². The van der Waals surface area contributed by atoms with Gasteiger partial charge in [0.15, 0.2) is 0 Å². The van der Waals surface area contributed by atoms with Crippen molar-refractivity contribution in [3.63, 3.8) is 0 Å². The molecule has 0 fully saturated rings. The first-order chi connectivity index (χ1) is 9.90. The van der Waals surface area contributed by atoms with Gasteiger partial charge in [0.25, 0.3) is 0 Å². The number of hydrogen-bond acceptors (Lipinski definition) is 3. The molecule has 0 spiro atoms. The molecule has 2 rings (SSSR count). The second kappa shape index (κ2) is 6.35. The van der Waals surface area contributed by atoms with Crippen LogP contribution in [0.2, 0.25) is 0 Å². The second-order valence-electron chi connectivity index (χ2n) is 5.94. The zero-order chi connectivity index (χ0) is 15.5. The van der Waals surface area contributed by atoms with Crippen molar-refractivity contribution >= 4 is 11.6 Å². The molecule has 0 aliphatic rings. The molecule has 112 valence electrons. The average Bonchev–Trinajstić information content (AvgIpc) is 2.45. The van der Waals surface area contributed by atoms with Crippen molar-refractivity contribution in [3.05, 3.63) is 63.7 Å². The Morgan fingerprint density at radius 1 is 1.19 bits per heavy atom. The maximum absolute atomic E-state index is 11.8. The van der Waals surface area contributed by atoms with Gasteiger partial charge in [-0.1, -0.05) is 45.0 Å². The lowest BCUT2D eigenvalue weighted by Crippen LogP contribution is -2.11. The smallest absolute Gasteiger partial charge is 0.227 e. The molecule has 0 unspecified atom stereocenters. The van der Waals surface area contributed by atoms with Crippen LogP contribution in [0.4, 0.5) is 0 Å². The van der Waals surface area contributed by atoms with Crippen LogP contribution in [0.5, 0.6) is 5.75 Å². The Morgan fingerprint density at radius 2 is 1.86 bits per heavy atom. The van der Waals surface area contributed by atoms with Crippen LogP contribution in [-0.2, 0) is 17.9 Å². The highest BCUT2D eigenvalue weighted by Crippen LogP contribution is 2.22. The molecule has 0 saturated heterocycles. The zero-order valence-electron chi connectivity index (χ0n) is 12.5. The highest BCUT2D eigenvalue weighted by atomic mass is 35.5. The van der Waals surface area contributed by atoms with Gasteiger partial charge in [-0.3, -0.25) is 4.79 Å². The second-order valence-corrected chi connectivity index (χ2v) is 6.21. The summed E-state index contributed by atoms with van der Waals surface area (Å²) in [6.07, 6.45) is 1.31. The van der Waals surface area contributed by atoms with Crippen molar-refractivity contribution in [1.29, 1.82) is 0 Å². The molecule has 0 bridgehead atoms. The number of halogens is 1. The molecule has 21 heavy (non-hydrogen) atoms. The maximum atomic E-state index is 11.8. The molecule has 1 aromatic heterocycles. The minimum Gasteiger partial charge on any atom is -0.482 e. The summed E-state index contributed by atoms with van der Waals surface area (Å²) in [6.45, 7) is 6.84. The van der Waals surface area contributed by atoms with E-state index in [4.69, 9.17) is 20.8 Å². The van der Waals surface area contributed by atoms with Crippen LogP contribution in [0.1, 0.15) is 37.7 Å². The molecule has 1 aromatic carbocycles. The van der Waals surface area contributed by atoms with Gasteiger partial charge in [-0.25, -0.2) is 0 Å². The van der Waals surface area contributed by atoms with Gasteiger partial charge in [0.1, 0.15) is 18.6 Å². The lowest BCUT2D eigenvalue weighted by molar-refractivity contribution is 0.290. The number of benzene rings is 1. The standard InChI is InChI=1S/C17H19ClO3/c1-17(2,3)13-6-4-12(5-7-13)10-21-16-11-20-14(9-18)8-15(16)19/h4-8,11H,9-10H2,1-3H3. The predicted molar refractivity (Wildman–Crippen MR) is 84.0 cm³/mol. The van der Waals surface area contributed by atoms with Gasteiger partial charge in [0, 0.05) is 6.07 Å². The minimum atomic E-state index is -0.219. The van der Waals surface area contributed by atoms with Crippen LogP contribution in [0.25, 0.3) is 0 Å². The Morgan fingerprint density at radius 3 is 2.38 bits per heavy atom. The van der Waals surface area contributed by atoms with E-state index in [0.717, 1.165) is 5.56 Å². The summed E-state index contributed by atoms with van der Waals surface area (Å²) in [5.74, 6) is 0.802. The third kappa shape index (κ3) is 4.11. The van der Waals surface area contributed by atoms with Crippen molar-refractivity contribution in [2.24, 2.45) is 0 Å². The topological polar surface area (TPSA) is 39.4 Å². The first-order valence-corrected chi connectivity index (χ1v) is 7.33. The van der Waals surface area contributed by atoms with Crippen LogP contribution < -0.4 is 10.2 Å². The monoisotopic (exact) mass is 306 g/mol. The van der Waals surface area contributed by atoms with E-state index in [2.05, 4.69) is 32.9 Å². The number of alkyl halides is 1. The Labute approximate surface area is 129 Å². The molecule has 3 nitrogen and oxygen atoms in total. The Kier molecular flexibility index (Phi) is 4.73. The number of ether oxygens (including phenoxy) is 1. The van der Waals surface area contributed by atoms with E-state index < -0.39 is 0 Å². The summed E-state index contributed by atoms with van der Waals surface area (Å²) in [7, 11) is 0. The molecule has 0 N–H and O–H groups in total. The predicted octanol–water partition coefficient (Wildman–Crippen LogP) is 4.26. The van der Waals surface area contributed by atoms with Crippen LogP contribution >= 0.6 is 11.6 Å². The Hall–Kier alpha value is -1.74. The Balaban J connectivity index is 2.05. The maximum Gasteiger partial charge on any atom is 0.227 e. The normalized spacial score (nSPS) is 11.4. The van der Waals surface area contributed by atoms with Crippen molar-refractivity contribution < 1.29 is 9.15 Å². The van der Waals surface area contributed by atoms with Crippen LogP contribution in [0.15, 0.2) is 45.8 Å². The molecule has 4 heteroatoms. The molecule has 0 aliphatic heterocycles. The molecular weight excluding hydrogens is 288 g/mol. The molecule has 0 atom stereocenters. The van der Waals surface area contributed by atoms with Crippen molar-refractivity contribution in [1.82, 2.24) is 0 Å². The van der Waals surface area contributed by atoms with E-state index in [1.807, 2.05) is 12.1 Å². The molecular formula is C17H19ClO3. The van der Waals surface area contributed by atoms with Crippen molar-refractivity contribution in [2.45, 2.75) is 38.7 Å². The van der Waals surface area contributed by atoms with Gasteiger partial charge >= 0.3 is 0 Å². The summed E-state index contributed by atoms with van der Waals surface area (Å²) < 4.78 is 10.7. The minimum absolute atomic E-state index is 0.123. The van der Waals surface area contributed by atoms with Gasteiger partial charge in [-0.15, -0.1) is 11.6 Å². The number of hydrogen-bond donors (Lipinski definition) is 0. The first kappa shape index (κ1) is 15.6. The molecule has 0 saturated carbocycles. The fourth-order valence-corrected chi connectivity index (χ4v) is 2.02. The van der Waals surface area contributed by atoms with Gasteiger partial charge < -0.3 is 9.15 Å². The van der Waals surface area contributed by atoms with E-state index in [0.29, 0.717) is 12.4 Å². The Bertz CT molecular complexity index is 651. The highest BCUT2D eigenvalue weighted by Gasteiger charge is 2.13. The molecule has 0 radical (unpaired) electrons. The molecule has 1 heterocycles. The fraction of sp³-hybridized carbons (Fsp3) is 0.353. The first-order valence-electron chi connectivity index (χ1n) is 6.80. The van der Waals surface area contributed by atoms with E-state index in [1.165, 1.54) is 17.9 Å². The van der Waals surface area contributed by atoms with Crippen LogP contribution in [0, 0.1) is 0 Å². The summed E-state index contributed by atoms with van der Waals surface area (Å²) in [5.41, 5.74) is 2.17. The van der Waals surface area contributed by atoms with E-state index >= 15 is 0 Å². The highest BCUT2D eigenvalue weighted by molar-refractivity contribution is 6.16. The number of rotatable bonds is 4. The van der Waals surface area contributed by atoms with Crippen LogP contribution in [0.3, 0.4) is 0 Å². The summed E-state index contributed by atoms with van der Waals surface area (Å²) in [4.78, 5) is 11.8. The lowest BCUT2D eigenvalue weighted by Gasteiger charge is -2.19. The lowest BCUT2D eigenvalue weighted by atomic mass is 9.87. The van der Waals surface area contributed by atoms with Gasteiger partial charge in [-0.05, 0) is 16.5 Å². The molecule has 0 aliphatic carbocycles. The van der Waals surface area contributed by atoms with Crippen molar-refractivity contribution in [2.75, 3.05) is 0 Å². The van der Waals surface area contributed by atoms with Gasteiger partial charge in [-0.2, -0.15) is 0 Å². The van der Waals surface area contributed by atoms with Crippen molar-refractivity contribution in [3.8, 4) is 5.75 Å². The summed E-state index contributed by atoms with van der Waals surface area (Å²) in [5, 5.41) is 0. The third-order valence-corrected chi connectivity index (χ3v) is 3.46. The van der Waals surface area contributed by atoms with Gasteiger partial charge in [0.2, 0.25) is 11.2 Å². The fourth-order valence-electron chi connectivity index (χ4n) is 1.88. The third-order valence-electron chi connectivity index (χ3n) is 3.20. The van der Waals surface area contributed by atoms with E-state index in [1.54, 1.807) is 0 Å².